The van der Waals surface area contributed by atoms with Gasteiger partial charge in [0.1, 0.15) is 5.75 Å². The SMILES string of the molecule is CC1CCN(C(=O)c2ccc(OB(O)O)cc2)CC1. The van der Waals surface area contributed by atoms with Crippen molar-refractivity contribution in [3.05, 3.63) is 29.8 Å². The summed E-state index contributed by atoms with van der Waals surface area (Å²) in [7, 11) is -1.84. The highest BCUT2D eigenvalue weighted by Crippen LogP contribution is 2.19. The molecule has 1 fully saturated rings. The van der Waals surface area contributed by atoms with E-state index in [2.05, 4.69) is 6.92 Å². The summed E-state index contributed by atoms with van der Waals surface area (Å²) in [5, 5.41) is 17.3. The summed E-state index contributed by atoms with van der Waals surface area (Å²) in [6, 6.07) is 6.38. The van der Waals surface area contributed by atoms with Crippen molar-refractivity contribution in [2.24, 2.45) is 5.92 Å². The Morgan fingerprint density at radius 3 is 2.37 bits per heavy atom. The van der Waals surface area contributed by atoms with E-state index in [0.717, 1.165) is 25.9 Å². The Morgan fingerprint density at radius 2 is 1.84 bits per heavy atom. The fourth-order valence-electron chi connectivity index (χ4n) is 2.19. The molecule has 1 heterocycles. The minimum Gasteiger partial charge on any atom is -0.512 e. The van der Waals surface area contributed by atoms with Gasteiger partial charge in [0, 0.05) is 18.7 Å². The van der Waals surface area contributed by atoms with Gasteiger partial charge in [-0.25, -0.2) is 0 Å². The summed E-state index contributed by atoms with van der Waals surface area (Å²) in [5.74, 6) is 1.02. The van der Waals surface area contributed by atoms with Crippen molar-refractivity contribution >= 4 is 13.2 Å². The first kappa shape index (κ1) is 13.9. The molecule has 1 aliphatic heterocycles. The van der Waals surface area contributed by atoms with Crippen molar-refractivity contribution in [3.63, 3.8) is 0 Å². The molecule has 19 heavy (non-hydrogen) atoms. The second-order valence-electron chi connectivity index (χ2n) is 4.94. The zero-order valence-electron chi connectivity index (χ0n) is 11.0. The van der Waals surface area contributed by atoms with Gasteiger partial charge in [0.2, 0.25) is 0 Å². The van der Waals surface area contributed by atoms with Gasteiger partial charge in [-0.3, -0.25) is 4.79 Å². The number of hydrogen-bond donors (Lipinski definition) is 2. The number of piperidine rings is 1. The summed E-state index contributed by atoms with van der Waals surface area (Å²) >= 11 is 0. The Labute approximate surface area is 113 Å². The average molecular weight is 263 g/mol. The number of hydrogen-bond acceptors (Lipinski definition) is 4. The molecule has 0 spiro atoms. The van der Waals surface area contributed by atoms with Crippen LogP contribution in [0.25, 0.3) is 0 Å². The van der Waals surface area contributed by atoms with Gasteiger partial charge in [0.05, 0.1) is 0 Å². The van der Waals surface area contributed by atoms with E-state index in [4.69, 9.17) is 14.7 Å². The van der Waals surface area contributed by atoms with E-state index in [1.54, 1.807) is 24.3 Å². The van der Waals surface area contributed by atoms with E-state index >= 15 is 0 Å². The molecule has 102 valence electrons. The molecule has 0 saturated carbocycles. The minimum absolute atomic E-state index is 0.0167. The van der Waals surface area contributed by atoms with Crippen molar-refractivity contribution in [1.29, 1.82) is 0 Å². The van der Waals surface area contributed by atoms with Crippen molar-refractivity contribution in [3.8, 4) is 5.75 Å². The standard InChI is InChI=1S/C13H18BNO4/c1-10-6-8-15(9-7-10)13(16)11-2-4-12(5-3-11)19-14(17)18/h2-5,10,17-18H,6-9H2,1H3. The number of carbonyl (C=O) groups excluding carboxylic acids is 1. The minimum atomic E-state index is -1.84. The molecule has 0 unspecified atom stereocenters. The number of amides is 1. The molecule has 1 aromatic rings. The largest absolute Gasteiger partial charge is 0.707 e. The van der Waals surface area contributed by atoms with E-state index < -0.39 is 7.32 Å². The third-order valence-corrected chi connectivity index (χ3v) is 3.41. The molecule has 6 heteroatoms. The van der Waals surface area contributed by atoms with Gasteiger partial charge in [-0.05, 0) is 43.0 Å². The van der Waals surface area contributed by atoms with Crippen LogP contribution in [0.5, 0.6) is 5.75 Å². The first-order valence-electron chi connectivity index (χ1n) is 6.48. The Morgan fingerprint density at radius 1 is 1.26 bits per heavy atom. The van der Waals surface area contributed by atoms with E-state index in [1.165, 1.54) is 0 Å². The molecule has 0 bridgehead atoms. The zero-order valence-corrected chi connectivity index (χ0v) is 11.0. The van der Waals surface area contributed by atoms with Crippen molar-refractivity contribution in [1.82, 2.24) is 4.90 Å². The molecule has 0 atom stereocenters. The van der Waals surface area contributed by atoms with E-state index in [9.17, 15) is 4.79 Å². The summed E-state index contributed by atoms with van der Waals surface area (Å²) in [6.45, 7) is 3.80. The van der Waals surface area contributed by atoms with Gasteiger partial charge in [0.15, 0.2) is 0 Å². The van der Waals surface area contributed by atoms with Gasteiger partial charge in [-0.2, -0.15) is 0 Å². The fourth-order valence-corrected chi connectivity index (χ4v) is 2.19. The maximum absolute atomic E-state index is 12.2. The molecule has 0 aromatic heterocycles. The van der Waals surface area contributed by atoms with Crippen LogP contribution >= 0.6 is 0 Å². The molecular weight excluding hydrogens is 245 g/mol. The Kier molecular flexibility index (Phi) is 4.45. The van der Waals surface area contributed by atoms with Gasteiger partial charge >= 0.3 is 7.32 Å². The summed E-state index contributed by atoms with van der Waals surface area (Å²) in [5.41, 5.74) is 0.592. The molecule has 0 aliphatic carbocycles. The van der Waals surface area contributed by atoms with Crippen LogP contribution in [0.1, 0.15) is 30.1 Å². The van der Waals surface area contributed by atoms with Crippen LogP contribution in [-0.2, 0) is 0 Å². The Balaban J connectivity index is 1.99. The van der Waals surface area contributed by atoms with Gasteiger partial charge < -0.3 is 19.6 Å². The number of carbonyl (C=O) groups is 1. The maximum Gasteiger partial charge on any atom is 0.707 e. The highest BCUT2D eigenvalue weighted by Gasteiger charge is 2.21. The van der Waals surface area contributed by atoms with Crippen LogP contribution in [0.15, 0.2) is 24.3 Å². The second-order valence-corrected chi connectivity index (χ2v) is 4.94. The number of nitrogens with zero attached hydrogens (tertiary/aromatic N) is 1. The van der Waals surface area contributed by atoms with Crippen LogP contribution in [0.2, 0.25) is 0 Å². The summed E-state index contributed by atoms with van der Waals surface area (Å²) in [4.78, 5) is 14.1. The number of likely N-dealkylation sites (tertiary alicyclic amines) is 1. The van der Waals surface area contributed by atoms with Crippen molar-refractivity contribution < 1.29 is 19.5 Å². The topological polar surface area (TPSA) is 70.0 Å². The molecule has 0 radical (unpaired) electrons. The first-order valence-corrected chi connectivity index (χ1v) is 6.48. The first-order chi connectivity index (χ1) is 9.06. The van der Waals surface area contributed by atoms with Crippen molar-refractivity contribution in [2.75, 3.05) is 13.1 Å². The number of benzene rings is 1. The zero-order chi connectivity index (χ0) is 13.8. The van der Waals surface area contributed by atoms with Crippen LogP contribution < -0.4 is 4.65 Å². The van der Waals surface area contributed by atoms with Gasteiger partial charge in [-0.15, -0.1) is 0 Å². The molecule has 1 amide bonds. The fraction of sp³-hybridized carbons (Fsp3) is 0.462. The lowest BCUT2D eigenvalue weighted by Crippen LogP contribution is -2.37. The van der Waals surface area contributed by atoms with Gasteiger partial charge in [0.25, 0.3) is 5.91 Å². The lowest BCUT2D eigenvalue weighted by molar-refractivity contribution is 0.0697. The van der Waals surface area contributed by atoms with E-state index in [0.29, 0.717) is 17.2 Å². The highest BCUT2D eigenvalue weighted by molar-refractivity contribution is 6.33. The van der Waals surface area contributed by atoms with Crippen molar-refractivity contribution in [2.45, 2.75) is 19.8 Å². The molecular formula is C13H18BNO4. The molecule has 1 saturated heterocycles. The van der Waals surface area contributed by atoms with E-state index in [1.807, 2.05) is 4.90 Å². The van der Waals surface area contributed by atoms with Crippen LogP contribution in [0.4, 0.5) is 0 Å². The third kappa shape index (κ3) is 3.72. The lowest BCUT2D eigenvalue weighted by atomic mass is 9.98. The second kappa shape index (κ2) is 6.08. The molecule has 2 N–H and O–H groups in total. The van der Waals surface area contributed by atoms with Crippen LogP contribution in [-0.4, -0.2) is 41.3 Å². The molecule has 2 rings (SSSR count). The lowest BCUT2D eigenvalue weighted by Gasteiger charge is -2.30. The smallest absolute Gasteiger partial charge is 0.512 e. The van der Waals surface area contributed by atoms with Crippen LogP contribution in [0.3, 0.4) is 0 Å². The third-order valence-electron chi connectivity index (χ3n) is 3.41. The Bertz CT molecular complexity index is 427. The Hall–Kier alpha value is -1.53. The predicted octanol–water partition coefficient (Wildman–Crippen LogP) is 0.907. The maximum atomic E-state index is 12.2. The quantitative estimate of drug-likeness (QED) is 0.795. The monoisotopic (exact) mass is 263 g/mol. The molecule has 1 aliphatic rings. The van der Waals surface area contributed by atoms with Gasteiger partial charge in [-0.1, -0.05) is 6.92 Å². The predicted molar refractivity (Wildman–Crippen MR) is 71.6 cm³/mol. The number of rotatable bonds is 3. The highest BCUT2D eigenvalue weighted by atomic mass is 16.6. The summed E-state index contributed by atoms with van der Waals surface area (Å²) in [6.07, 6.45) is 2.09. The van der Waals surface area contributed by atoms with E-state index in [-0.39, 0.29) is 5.91 Å². The normalized spacial score (nSPS) is 16.3. The van der Waals surface area contributed by atoms with Crippen LogP contribution in [0, 0.1) is 5.92 Å². The summed E-state index contributed by atoms with van der Waals surface area (Å²) < 4.78 is 4.69. The average Bonchev–Trinajstić information content (AvgIpc) is 2.39. The molecule has 5 nitrogen and oxygen atoms in total. The molecule has 1 aromatic carbocycles.